The molecule has 58 heavy (non-hydrogen) atoms. The summed E-state index contributed by atoms with van der Waals surface area (Å²) in [7, 11) is -4.41. The summed E-state index contributed by atoms with van der Waals surface area (Å²) < 4.78 is 38.5. The van der Waals surface area contributed by atoms with Crippen molar-refractivity contribution in [3.8, 4) is 0 Å². The normalized spacial score (nSPS) is 17.6. The Labute approximate surface area is 351 Å². The van der Waals surface area contributed by atoms with E-state index >= 15 is 0 Å². The molecule has 0 aromatic carbocycles. The van der Waals surface area contributed by atoms with Gasteiger partial charge in [-0.3, -0.25) is 18.6 Å². The van der Waals surface area contributed by atoms with E-state index in [9.17, 15) is 19.0 Å². The number of hydrogen-bond acceptors (Lipinski definition) is 9. The highest BCUT2D eigenvalue weighted by molar-refractivity contribution is 7.47. The molecule has 3 N–H and O–H groups in total. The number of epoxide rings is 1. The Morgan fingerprint density at radius 3 is 1.66 bits per heavy atom. The molecule has 11 heteroatoms. The number of nitrogens with two attached hydrogens (primary N) is 1. The molecule has 0 aromatic rings. The van der Waals surface area contributed by atoms with Crippen molar-refractivity contribution in [2.45, 2.75) is 173 Å². The Bertz CT molecular complexity index is 1290. The van der Waals surface area contributed by atoms with E-state index < -0.39 is 32.5 Å². The lowest BCUT2D eigenvalue weighted by Gasteiger charge is -2.19. The van der Waals surface area contributed by atoms with Gasteiger partial charge in [0.1, 0.15) is 6.61 Å². The van der Waals surface area contributed by atoms with E-state index in [1.807, 2.05) is 0 Å². The Morgan fingerprint density at radius 1 is 0.621 bits per heavy atom. The van der Waals surface area contributed by atoms with Gasteiger partial charge in [0.15, 0.2) is 6.10 Å². The predicted molar refractivity (Wildman–Crippen MR) is 237 cm³/mol. The van der Waals surface area contributed by atoms with Crippen molar-refractivity contribution in [3.63, 3.8) is 0 Å². The minimum absolute atomic E-state index is 0.0326. The molecular weight excluding hydrogens is 753 g/mol. The van der Waals surface area contributed by atoms with E-state index in [1.165, 1.54) is 44.9 Å². The Morgan fingerprint density at radius 2 is 1.12 bits per heavy atom. The van der Waals surface area contributed by atoms with Crippen LogP contribution in [0.5, 0.6) is 0 Å². The number of rotatable bonds is 39. The number of ether oxygens (including phenoxy) is 3. The average Bonchev–Trinajstić information content (AvgIpc) is 3.97. The second-order valence-corrected chi connectivity index (χ2v) is 16.0. The average molecular weight is 832 g/mol. The van der Waals surface area contributed by atoms with Gasteiger partial charge in [-0.15, -0.1) is 0 Å². The first kappa shape index (κ1) is 53.2. The molecule has 10 nitrogen and oxygen atoms in total. The lowest BCUT2D eigenvalue weighted by atomic mass is 10.1. The summed E-state index contributed by atoms with van der Waals surface area (Å²) in [5.41, 5.74) is 5.35. The van der Waals surface area contributed by atoms with Crippen molar-refractivity contribution in [1.82, 2.24) is 0 Å². The lowest BCUT2D eigenvalue weighted by molar-refractivity contribution is -0.161. The Kier molecular flexibility index (Phi) is 35.2. The quantitative estimate of drug-likeness (QED) is 0.0202. The van der Waals surface area contributed by atoms with Crippen molar-refractivity contribution < 1.29 is 42.3 Å². The van der Waals surface area contributed by atoms with Gasteiger partial charge in [0.25, 0.3) is 0 Å². The van der Waals surface area contributed by atoms with Crippen molar-refractivity contribution in [1.29, 1.82) is 0 Å². The van der Waals surface area contributed by atoms with E-state index in [-0.39, 0.29) is 44.8 Å². The fourth-order valence-electron chi connectivity index (χ4n) is 5.76. The third-order valence-corrected chi connectivity index (χ3v) is 10.2. The molecule has 1 saturated heterocycles. The number of phosphoric ester groups is 1. The number of hydrogen-bond donors (Lipinski definition) is 2. The summed E-state index contributed by atoms with van der Waals surface area (Å²) >= 11 is 0. The molecule has 4 atom stereocenters. The Hall–Kier alpha value is -2.85. The van der Waals surface area contributed by atoms with E-state index in [0.717, 1.165) is 70.6 Å². The SMILES string of the molecule is CCCCC/C=C\C/C=C\C/C=C\C/C=C\CCCCCC(=O)O[C@H](COC(=O)CCCC1OC1C/C=C\C/C=C\C/C=C\CCCCC)COP(=O)(O)OCCN. The standard InChI is InChI=1S/C47H78NO9P/c1-3-5-7-9-11-13-15-17-18-19-20-21-22-23-25-27-29-31-33-37-47(50)56-43(42-55-58(51,52)54-40-39-48)41-53-46(49)38-34-36-45-44(57-45)35-32-30-28-26-24-16-14-12-10-8-6-4-2/h11-14,17-18,20-21,23-26,30,32,43-45H,3-10,15-16,19,22,27-29,31,33-42,48H2,1-2H3,(H,51,52)/b13-11-,14-12-,18-17-,21-20-,25-23-,26-24-,32-30-/t43-,44?,45?/m1/s1. The molecule has 0 aromatic heterocycles. The van der Waals surface area contributed by atoms with Crippen molar-refractivity contribution in [3.05, 3.63) is 85.1 Å². The minimum Gasteiger partial charge on any atom is -0.462 e. The van der Waals surface area contributed by atoms with Gasteiger partial charge in [0, 0.05) is 19.4 Å². The van der Waals surface area contributed by atoms with Crippen LogP contribution in [0.3, 0.4) is 0 Å². The summed E-state index contributed by atoms with van der Waals surface area (Å²) in [4.78, 5) is 35.0. The van der Waals surface area contributed by atoms with Crippen LogP contribution in [-0.2, 0) is 37.4 Å². The molecule has 1 heterocycles. The molecule has 1 aliphatic rings. The fourth-order valence-corrected chi connectivity index (χ4v) is 6.53. The summed E-state index contributed by atoms with van der Waals surface area (Å²) in [6, 6.07) is 0. The van der Waals surface area contributed by atoms with Crippen molar-refractivity contribution in [2.75, 3.05) is 26.4 Å². The number of phosphoric acid groups is 1. The zero-order chi connectivity index (χ0) is 42.2. The third-order valence-electron chi connectivity index (χ3n) is 9.18. The molecule has 0 saturated carbocycles. The van der Waals surface area contributed by atoms with Crippen molar-refractivity contribution in [2.24, 2.45) is 5.73 Å². The monoisotopic (exact) mass is 832 g/mol. The maximum Gasteiger partial charge on any atom is 0.472 e. The summed E-state index contributed by atoms with van der Waals surface area (Å²) in [6.45, 7) is 3.53. The van der Waals surface area contributed by atoms with Gasteiger partial charge in [0.05, 0.1) is 25.4 Å². The predicted octanol–water partition coefficient (Wildman–Crippen LogP) is 11.8. The first-order chi connectivity index (χ1) is 28.3. The molecular formula is C47H78NO9P. The number of carbonyl (C=O) groups excluding carboxylic acids is 2. The lowest BCUT2D eigenvalue weighted by Crippen LogP contribution is -2.29. The van der Waals surface area contributed by atoms with E-state index in [4.69, 9.17) is 29.0 Å². The van der Waals surface area contributed by atoms with E-state index in [0.29, 0.717) is 12.8 Å². The zero-order valence-corrected chi connectivity index (χ0v) is 36.8. The highest BCUT2D eigenvalue weighted by atomic mass is 31.2. The second-order valence-electron chi connectivity index (χ2n) is 14.6. The maximum atomic E-state index is 12.6. The van der Waals surface area contributed by atoms with Gasteiger partial charge in [-0.05, 0) is 96.3 Å². The molecule has 3 unspecified atom stereocenters. The van der Waals surface area contributed by atoms with Crippen molar-refractivity contribution >= 4 is 19.8 Å². The molecule has 330 valence electrons. The van der Waals surface area contributed by atoms with Crippen LogP contribution in [0.1, 0.15) is 155 Å². The van der Waals surface area contributed by atoms with Gasteiger partial charge < -0.3 is 24.8 Å². The van der Waals surface area contributed by atoms with Crippen LogP contribution >= 0.6 is 7.82 Å². The molecule has 0 spiro atoms. The first-order valence-corrected chi connectivity index (χ1v) is 23.7. The molecule has 1 aliphatic heterocycles. The van der Waals surface area contributed by atoms with Crippen LogP contribution < -0.4 is 5.73 Å². The van der Waals surface area contributed by atoms with Gasteiger partial charge >= 0.3 is 19.8 Å². The van der Waals surface area contributed by atoms with Crippen LogP contribution in [-0.4, -0.2) is 61.5 Å². The summed E-state index contributed by atoms with van der Waals surface area (Å²) in [6.07, 6.45) is 50.6. The number of esters is 2. The van der Waals surface area contributed by atoms with Gasteiger partial charge in [-0.25, -0.2) is 4.57 Å². The second kappa shape index (κ2) is 38.4. The smallest absolute Gasteiger partial charge is 0.462 e. The van der Waals surface area contributed by atoms with Gasteiger partial charge in [-0.1, -0.05) is 131 Å². The minimum atomic E-state index is -4.41. The van der Waals surface area contributed by atoms with Crippen LogP contribution in [0.15, 0.2) is 85.1 Å². The van der Waals surface area contributed by atoms with E-state index in [2.05, 4.69) is 98.9 Å². The largest absolute Gasteiger partial charge is 0.472 e. The zero-order valence-electron chi connectivity index (χ0n) is 35.9. The molecule has 0 amide bonds. The first-order valence-electron chi connectivity index (χ1n) is 22.2. The number of carbonyl (C=O) groups is 2. The highest BCUT2D eigenvalue weighted by Crippen LogP contribution is 2.43. The van der Waals surface area contributed by atoms with Crippen LogP contribution in [0.2, 0.25) is 0 Å². The molecule has 1 rings (SSSR count). The topological polar surface area (TPSA) is 147 Å². The van der Waals surface area contributed by atoms with Crippen LogP contribution in [0.4, 0.5) is 0 Å². The molecule has 1 fully saturated rings. The maximum absolute atomic E-state index is 12.6. The third kappa shape index (κ3) is 35.1. The fraction of sp³-hybridized carbons (Fsp3) is 0.660. The van der Waals surface area contributed by atoms with E-state index in [1.54, 1.807) is 0 Å². The molecule has 0 bridgehead atoms. The van der Waals surface area contributed by atoms with Crippen LogP contribution in [0.25, 0.3) is 0 Å². The van der Waals surface area contributed by atoms with Gasteiger partial charge in [0.2, 0.25) is 0 Å². The molecule has 0 radical (unpaired) electrons. The summed E-state index contributed by atoms with van der Waals surface area (Å²) in [5, 5.41) is 0. The number of unbranched alkanes of at least 4 members (excludes halogenated alkanes) is 9. The molecule has 0 aliphatic carbocycles. The van der Waals surface area contributed by atoms with Crippen LogP contribution in [0, 0.1) is 0 Å². The summed E-state index contributed by atoms with van der Waals surface area (Å²) in [5.74, 6) is -0.950. The Balaban J connectivity index is 2.27. The highest BCUT2D eigenvalue weighted by Gasteiger charge is 2.36. The number of allylic oxidation sites excluding steroid dienone is 13. The van der Waals surface area contributed by atoms with Gasteiger partial charge in [-0.2, -0.15) is 0 Å².